The molecule has 0 aliphatic carbocycles. The van der Waals surface area contributed by atoms with E-state index in [0.717, 1.165) is 47.7 Å². The monoisotopic (exact) mass is 426 g/mol. The highest BCUT2D eigenvalue weighted by molar-refractivity contribution is 5.79. The van der Waals surface area contributed by atoms with Crippen LogP contribution in [0.1, 0.15) is 60.9 Å². The van der Waals surface area contributed by atoms with Gasteiger partial charge >= 0.3 is 0 Å². The van der Waals surface area contributed by atoms with Crippen LogP contribution in [0.5, 0.6) is 0 Å². The second kappa shape index (κ2) is 9.98. The minimum absolute atomic E-state index is 0.0149. The highest BCUT2D eigenvalue weighted by Gasteiger charge is 2.28. The second-order valence-electron chi connectivity index (χ2n) is 8.59. The molecule has 1 saturated heterocycles. The number of carbonyl (C=O) groups is 2. The SMILES string of the molecule is Cc1nc(C2CCCN(C(=O)C(C)C)C2)nc(C)c1CC(=O)NCc1ccc(F)cc1. The topological polar surface area (TPSA) is 75.2 Å². The van der Waals surface area contributed by atoms with Crippen LogP contribution in [-0.4, -0.2) is 39.8 Å². The summed E-state index contributed by atoms with van der Waals surface area (Å²) in [5.74, 6) is 0.611. The van der Waals surface area contributed by atoms with Crippen molar-refractivity contribution in [3.63, 3.8) is 0 Å². The number of nitrogens with one attached hydrogen (secondary N) is 1. The Morgan fingerprint density at radius 3 is 2.42 bits per heavy atom. The van der Waals surface area contributed by atoms with E-state index in [1.165, 1.54) is 12.1 Å². The third-order valence-corrected chi connectivity index (χ3v) is 5.77. The van der Waals surface area contributed by atoms with E-state index in [0.29, 0.717) is 13.1 Å². The third kappa shape index (κ3) is 5.87. The molecule has 0 bridgehead atoms. The molecule has 166 valence electrons. The lowest BCUT2D eigenvalue weighted by Gasteiger charge is -2.33. The maximum atomic E-state index is 13.0. The quantitative estimate of drug-likeness (QED) is 0.768. The summed E-state index contributed by atoms with van der Waals surface area (Å²) in [5.41, 5.74) is 3.26. The van der Waals surface area contributed by atoms with Gasteiger partial charge in [-0.15, -0.1) is 0 Å². The fourth-order valence-electron chi connectivity index (χ4n) is 3.98. The van der Waals surface area contributed by atoms with Crippen molar-refractivity contribution < 1.29 is 14.0 Å². The van der Waals surface area contributed by atoms with Crippen molar-refractivity contribution in [2.75, 3.05) is 13.1 Å². The molecule has 2 amide bonds. The molecular formula is C24H31FN4O2. The molecule has 1 aromatic heterocycles. The number of hydrogen-bond acceptors (Lipinski definition) is 4. The van der Waals surface area contributed by atoms with Gasteiger partial charge < -0.3 is 10.2 Å². The van der Waals surface area contributed by atoms with Gasteiger partial charge in [-0.3, -0.25) is 9.59 Å². The number of nitrogens with zero attached hydrogens (tertiary/aromatic N) is 3. The minimum Gasteiger partial charge on any atom is -0.352 e. The maximum Gasteiger partial charge on any atom is 0.225 e. The Kier molecular flexibility index (Phi) is 7.36. The van der Waals surface area contributed by atoms with Gasteiger partial charge in [0.05, 0.1) is 6.42 Å². The van der Waals surface area contributed by atoms with Gasteiger partial charge in [0.25, 0.3) is 0 Å². The predicted octanol–water partition coefficient (Wildman–Crippen LogP) is 3.45. The van der Waals surface area contributed by atoms with Gasteiger partial charge in [0.15, 0.2) is 0 Å². The van der Waals surface area contributed by atoms with Gasteiger partial charge in [0.2, 0.25) is 11.8 Å². The number of piperidine rings is 1. The molecule has 1 N–H and O–H groups in total. The number of carbonyl (C=O) groups excluding carboxylic acids is 2. The molecule has 0 spiro atoms. The van der Waals surface area contributed by atoms with Gasteiger partial charge in [-0.05, 0) is 44.4 Å². The average molecular weight is 427 g/mol. The molecule has 7 heteroatoms. The molecule has 31 heavy (non-hydrogen) atoms. The lowest BCUT2D eigenvalue weighted by Crippen LogP contribution is -2.41. The van der Waals surface area contributed by atoms with Crippen LogP contribution in [0.4, 0.5) is 4.39 Å². The first-order chi connectivity index (χ1) is 14.7. The summed E-state index contributed by atoms with van der Waals surface area (Å²) >= 11 is 0. The molecular weight excluding hydrogens is 395 g/mol. The largest absolute Gasteiger partial charge is 0.352 e. The van der Waals surface area contributed by atoms with E-state index in [9.17, 15) is 14.0 Å². The highest BCUT2D eigenvalue weighted by atomic mass is 19.1. The van der Waals surface area contributed by atoms with E-state index in [-0.39, 0.29) is 35.9 Å². The zero-order valence-corrected chi connectivity index (χ0v) is 18.7. The predicted molar refractivity (Wildman–Crippen MR) is 117 cm³/mol. The Bertz CT molecular complexity index is 920. The lowest BCUT2D eigenvalue weighted by molar-refractivity contribution is -0.135. The first kappa shape index (κ1) is 22.8. The van der Waals surface area contributed by atoms with Crippen LogP contribution in [0.3, 0.4) is 0 Å². The summed E-state index contributed by atoms with van der Waals surface area (Å²) in [5, 5.41) is 2.87. The van der Waals surface area contributed by atoms with Crippen LogP contribution in [0.25, 0.3) is 0 Å². The van der Waals surface area contributed by atoms with E-state index in [1.807, 2.05) is 32.6 Å². The van der Waals surface area contributed by atoms with Crippen LogP contribution in [0.2, 0.25) is 0 Å². The molecule has 1 aromatic carbocycles. The molecule has 2 aromatic rings. The van der Waals surface area contributed by atoms with Crippen LogP contribution in [-0.2, 0) is 22.6 Å². The normalized spacial score (nSPS) is 16.5. The summed E-state index contributed by atoms with van der Waals surface area (Å²) in [4.78, 5) is 36.2. The summed E-state index contributed by atoms with van der Waals surface area (Å²) in [7, 11) is 0. The Labute approximate surface area is 183 Å². The Hall–Kier alpha value is -2.83. The van der Waals surface area contributed by atoms with Crippen molar-refractivity contribution in [1.29, 1.82) is 0 Å². The molecule has 1 atom stereocenters. The van der Waals surface area contributed by atoms with Crippen molar-refractivity contribution in [2.45, 2.75) is 59.4 Å². The van der Waals surface area contributed by atoms with Crippen LogP contribution >= 0.6 is 0 Å². The molecule has 3 rings (SSSR count). The fourth-order valence-corrected chi connectivity index (χ4v) is 3.98. The fraction of sp³-hybridized carbons (Fsp3) is 0.500. The van der Waals surface area contributed by atoms with Crippen LogP contribution < -0.4 is 5.32 Å². The molecule has 1 aliphatic heterocycles. The van der Waals surface area contributed by atoms with Crippen molar-refractivity contribution >= 4 is 11.8 Å². The molecule has 1 fully saturated rings. The Morgan fingerprint density at radius 1 is 1.16 bits per heavy atom. The van der Waals surface area contributed by atoms with Gasteiger partial charge in [-0.25, -0.2) is 14.4 Å². The molecule has 1 aliphatic rings. The Morgan fingerprint density at radius 2 is 1.81 bits per heavy atom. The van der Waals surface area contributed by atoms with Crippen LogP contribution in [0.15, 0.2) is 24.3 Å². The zero-order valence-electron chi connectivity index (χ0n) is 18.7. The molecule has 0 radical (unpaired) electrons. The average Bonchev–Trinajstić information content (AvgIpc) is 2.75. The second-order valence-corrected chi connectivity index (χ2v) is 8.59. The van der Waals surface area contributed by atoms with Crippen molar-refractivity contribution in [1.82, 2.24) is 20.2 Å². The third-order valence-electron chi connectivity index (χ3n) is 5.77. The smallest absolute Gasteiger partial charge is 0.225 e. The van der Waals surface area contributed by atoms with Crippen molar-refractivity contribution in [2.24, 2.45) is 5.92 Å². The molecule has 0 saturated carbocycles. The van der Waals surface area contributed by atoms with Gasteiger partial charge in [-0.1, -0.05) is 26.0 Å². The number of rotatable bonds is 6. The number of likely N-dealkylation sites (tertiary alicyclic amines) is 1. The summed E-state index contributed by atoms with van der Waals surface area (Å²) < 4.78 is 13.0. The van der Waals surface area contributed by atoms with Gasteiger partial charge in [-0.2, -0.15) is 0 Å². The molecule has 1 unspecified atom stereocenters. The number of aromatic nitrogens is 2. The summed E-state index contributed by atoms with van der Waals surface area (Å²) in [6.07, 6.45) is 2.10. The highest BCUT2D eigenvalue weighted by Crippen LogP contribution is 2.27. The number of hydrogen-bond donors (Lipinski definition) is 1. The van der Waals surface area contributed by atoms with Crippen molar-refractivity contribution in [3.05, 3.63) is 58.4 Å². The molecule has 2 heterocycles. The van der Waals surface area contributed by atoms with Crippen molar-refractivity contribution in [3.8, 4) is 0 Å². The number of benzene rings is 1. The Balaban J connectivity index is 1.65. The van der Waals surface area contributed by atoms with Crippen LogP contribution in [0, 0.1) is 25.6 Å². The summed E-state index contributed by atoms with van der Waals surface area (Å²) in [6, 6.07) is 6.07. The lowest BCUT2D eigenvalue weighted by atomic mass is 9.95. The molecule has 6 nitrogen and oxygen atoms in total. The first-order valence-electron chi connectivity index (χ1n) is 10.9. The maximum absolute atomic E-state index is 13.0. The van der Waals surface area contributed by atoms with Gasteiger partial charge in [0.1, 0.15) is 11.6 Å². The number of halogens is 1. The standard InChI is InChI=1S/C24H31FN4O2/c1-15(2)24(31)29-11-5-6-19(14-29)23-27-16(3)21(17(4)28-23)12-22(30)26-13-18-7-9-20(25)10-8-18/h7-10,15,19H,5-6,11-14H2,1-4H3,(H,26,30). The zero-order chi connectivity index (χ0) is 22.5. The van der Waals surface area contributed by atoms with E-state index in [4.69, 9.17) is 9.97 Å². The minimum atomic E-state index is -0.298. The van der Waals surface area contributed by atoms with E-state index < -0.39 is 0 Å². The van der Waals surface area contributed by atoms with Gasteiger partial charge in [0, 0.05) is 48.4 Å². The number of amides is 2. The van der Waals surface area contributed by atoms with E-state index >= 15 is 0 Å². The van der Waals surface area contributed by atoms with E-state index in [2.05, 4.69) is 5.32 Å². The summed E-state index contributed by atoms with van der Waals surface area (Å²) in [6.45, 7) is 9.43. The first-order valence-corrected chi connectivity index (χ1v) is 10.9. The number of aryl methyl sites for hydroxylation is 2. The van der Waals surface area contributed by atoms with E-state index in [1.54, 1.807) is 12.1 Å².